The minimum absolute atomic E-state index is 0.0531. The maximum atomic E-state index is 11.9. The van der Waals surface area contributed by atoms with E-state index in [0.29, 0.717) is 17.9 Å². The molecule has 2 unspecified atom stereocenters. The Labute approximate surface area is 119 Å². The largest absolute Gasteiger partial charge is 0.493 e. The molecule has 0 radical (unpaired) electrons. The Morgan fingerprint density at radius 2 is 1.90 bits per heavy atom. The highest BCUT2D eigenvalue weighted by Crippen LogP contribution is 2.27. The molecule has 2 N–H and O–H groups in total. The molecule has 0 fully saturated rings. The van der Waals surface area contributed by atoms with Crippen molar-refractivity contribution in [1.82, 2.24) is 5.32 Å². The smallest absolute Gasteiger partial charge is 0.224 e. The maximum absolute atomic E-state index is 11.9. The predicted molar refractivity (Wildman–Crippen MR) is 77.2 cm³/mol. The lowest BCUT2D eigenvalue weighted by Gasteiger charge is -2.15. The average molecular weight is 281 g/mol. The van der Waals surface area contributed by atoms with Gasteiger partial charge in [0.2, 0.25) is 5.91 Å². The first-order valence-electron chi connectivity index (χ1n) is 6.64. The maximum Gasteiger partial charge on any atom is 0.224 e. The number of ether oxygens (including phenoxy) is 2. The third-order valence-electron chi connectivity index (χ3n) is 2.91. The van der Waals surface area contributed by atoms with E-state index in [1.54, 1.807) is 33.3 Å². The molecular formula is C15H23NO4. The van der Waals surface area contributed by atoms with Crippen LogP contribution in [-0.4, -0.2) is 37.4 Å². The number of carbonyl (C=O) groups excluding carboxylic acids is 1. The molecule has 0 heterocycles. The van der Waals surface area contributed by atoms with Gasteiger partial charge in [0.15, 0.2) is 11.5 Å². The molecule has 1 aromatic carbocycles. The summed E-state index contributed by atoms with van der Waals surface area (Å²) in [4.78, 5) is 11.9. The van der Waals surface area contributed by atoms with Gasteiger partial charge < -0.3 is 19.9 Å². The Balaban J connectivity index is 2.62. The Morgan fingerprint density at radius 3 is 2.45 bits per heavy atom. The second kappa shape index (κ2) is 7.75. The summed E-state index contributed by atoms with van der Waals surface area (Å²) >= 11 is 0. The molecule has 20 heavy (non-hydrogen) atoms. The fraction of sp³-hybridized carbons (Fsp3) is 0.533. The fourth-order valence-electron chi connectivity index (χ4n) is 2.07. The van der Waals surface area contributed by atoms with Crippen molar-refractivity contribution in [3.8, 4) is 11.5 Å². The number of carbonyl (C=O) groups is 1. The van der Waals surface area contributed by atoms with Gasteiger partial charge in [-0.15, -0.1) is 0 Å². The van der Waals surface area contributed by atoms with Gasteiger partial charge in [0.25, 0.3) is 0 Å². The first-order valence-corrected chi connectivity index (χ1v) is 6.64. The van der Waals surface area contributed by atoms with Gasteiger partial charge in [-0.25, -0.2) is 0 Å². The number of hydrogen-bond donors (Lipinski definition) is 2. The summed E-state index contributed by atoms with van der Waals surface area (Å²) in [7, 11) is 3.13. The standard InChI is InChI=1S/C15H23NO4/c1-10(7-11(2)17)16-15(18)9-12-5-6-13(19-3)14(8-12)20-4/h5-6,8,10-11,17H,7,9H2,1-4H3,(H,16,18). The van der Waals surface area contributed by atoms with Crippen molar-refractivity contribution in [1.29, 1.82) is 0 Å². The molecule has 0 bridgehead atoms. The van der Waals surface area contributed by atoms with Crippen LogP contribution in [0.15, 0.2) is 18.2 Å². The second-order valence-electron chi connectivity index (χ2n) is 4.92. The molecular weight excluding hydrogens is 258 g/mol. The SMILES string of the molecule is COc1ccc(CC(=O)NC(C)CC(C)O)cc1OC. The lowest BCUT2D eigenvalue weighted by atomic mass is 10.1. The summed E-state index contributed by atoms with van der Waals surface area (Å²) in [5, 5.41) is 12.1. The van der Waals surface area contributed by atoms with Crippen LogP contribution in [0.25, 0.3) is 0 Å². The highest BCUT2D eigenvalue weighted by atomic mass is 16.5. The van der Waals surface area contributed by atoms with E-state index in [0.717, 1.165) is 5.56 Å². The van der Waals surface area contributed by atoms with Crippen molar-refractivity contribution >= 4 is 5.91 Å². The first-order chi connectivity index (χ1) is 9.46. The van der Waals surface area contributed by atoms with Crippen LogP contribution in [0.5, 0.6) is 11.5 Å². The van der Waals surface area contributed by atoms with Crippen LogP contribution < -0.4 is 14.8 Å². The van der Waals surface area contributed by atoms with E-state index in [1.165, 1.54) is 0 Å². The summed E-state index contributed by atoms with van der Waals surface area (Å²) < 4.78 is 10.4. The monoisotopic (exact) mass is 281 g/mol. The number of aliphatic hydroxyl groups excluding tert-OH is 1. The predicted octanol–water partition coefficient (Wildman–Crippen LogP) is 1.52. The van der Waals surface area contributed by atoms with Crippen molar-refractivity contribution in [3.63, 3.8) is 0 Å². The Kier molecular flexibility index (Phi) is 6.31. The molecule has 2 atom stereocenters. The average Bonchev–Trinajstić information content (AvgIpc) is 2.37. The number of methoxy groups -OCH3 is 2. The molecule has 0 aromatic heterocycles. The van der Waals surface area contributed by atoms with E-state index < -0.39 is 6.10 Å². The molecule has 0 aliphatic rings. The molecule has 112 valence electrons. The van der Waals surface area contributed by atoms with Crippen LogP contribution in [0.2, 0.25) is 0 Å². The zero-order chi connectivity index (χ0) is 15.1. The number of hydrogen-bond acceptors (Lipinski definition) is 4. The number of rotatable bonds is 7. The van der Waals surface area contributed by atoms with Crippen molar-refractivity contribution in [2.45, 2.75) is 38.8 Å². The summed E-state index contributed by atoms with van der Waals surface area (Å²) in [5.41, 5.74) is 0.851. The van der Waals surface area contributed by atoms with Gasteiger partial charge in [-0.05, 0) is 38.0 Å². The van der Waals surface area contributed by atoms with Crippen LogP contribution in [0.3, 0.4) is 0 Å². The molecule has 5 heteroatoms. The zero-order valence-electron chi connectivity index (χ0n) is 12.5. The van der Waals surface area contributed by atoms with E-state index in [1.807, 2.05) is 13.0 Å². The summed E-state index contributed by atoms with van der Waals surface area (Å²) in [6.07, 6.45) is 0.383. The van der Waals surface area contributed by atoms with E-state index in [-0.39, 0.29) is 18.4 Å². The van der Waals surface area contributed by atoms with Crippen molar-refractivity contribution in [2.75, 3.05) is 14.2 Å². The molecule has 1 rings (SSSR count). The quantitative estimate of drug-likeness (QED) is 0.795. The molecule has 0 saturated heterocycles. The van der Waals surface area contributed by atoms with Crippen LogP contribution in [-0.2, 0) is 11.2 Å². The number of amides is 1. The summed E-state index contributed by atoms with van der Waals surface area (Å²) in [6.45, 7) is 3.58. The van der Waals surface area contributed by atoms with Gasteiger partial charge in [0.05, 0.1) is 26.7 Å². The van der Waals surface area contributed by atoms with Crippen LogP contribution in [0.1, 0.15) is 25.8 Å². The van der Waals surface area contributed by atoms with Gasteiger partial charge in [-0.2, -0.15) is 0 Å². The first kappa shape index (κ1) is 16.3. The van der Waals surface area contributed by atoms with Gasteiger partial charge in [-0.1, -0.05) is 6.07 Å². The molecule has 1 amide bonds. The normalized spacial score (nSPS) is 13.4. The molecule has 5 nitrogen and oxygen atoms in total. The zero-order valence-corrected chi connectivity index (χ0v) is 12.5. The summed E-state index contributed by atoms with van der Waals surface area (Å²) in [5.74, 6) is 1.17. The van der Waals surface area contributed by atoms with E-state index >= 15 is 0 Å². The topological polar surface area (TPSA) is 67.8 Å². The highest BCUT2D eigenvalue weighted by molar-refractivity contribution is 5.79. The molecule has 0 aliphatic heterocycles. The minimum Gasteiger partial charge on any atom is -0.493 e. The van der Waals surface area contributed by atoms with Crippen LogP contribution in [0, 0.1) is 0 Å². The van der Waals surface area contributed by atoms with Crippen molar-refractivity contribution in [3.05, 3.63) is 23.8 Å². The van der Waals surface area contributed by atoms with Gasteiger partial charge in [0.1, 0.15) is 0 Å². The number of nitrogens with one attached hydrogen (secondary N) is 1. The van der Waals surface area contributed by atoms with Crippen LogP contribution in [0.4, 0.5) is 0 Å². The van der Waals surface area contributed by atoms with E-state index in [2.05, 4.69) is 5.32 Å². The number of benzene rings is 1. The Bertz CT molecular complexity index is 445. The lowest BCUT2D eigenvalue weighted by Crippen LogP contribution is -2.35. The lowest BCUT2D eigenvalue weighted by molar-refractivity contribution is -0.121. The van der Waals surface area contributed by atoms with Gasteiger partial charge >= 0.3 is 0 Å². The molecule has 0 saturated carbocycles. The molecule has 0 aliphatic carbocycles. The minimum atomic E-state index is -0.425. The third kappa shape index (κ3) is 5.09. The summed E-state index contributed by atoms with van der Waals surface area (Å²) in [6, 6.07) is 5.35. The van der Waals surface area contributed by atoms with Crippen molar-refractivity contribution < 1.29 is 19.4 Å². The van der Waals surface area contributed by atoms with E-state index in [9.17, 15) is 9.90 Å². The molecule has 0 spiro atoms. The Morgan fingerprint density at radius 1 is 1.25 bits per heavy atom. The highest BCUT2D eigenvalue weighted by Gasteiger charge is 2.12. The van der Waals surface area contributed by atoms with Gasteiger partial charge in [0, 0.05) is 6.04 Å². The van der Waals surface area contributed by atoms with Gasteiger partial charge in [-0.3, -0.25) is 4.79 Å². The number of aliphatic hydroxyl groups is 1. The van der Waals surface area contributed by atoms with E-state index in [4.69, 9.17) is 9.47 Å². The Hall–Kier alpha value is -1.75. The fourth-order valence-corrected chi connectivity index (χ4v) is 2.07. The third-order valence-corrected chi connectivity index (χ3v) is 2.91. The van der Waals surface area contributed by atoms with Crippen molar-refractivity contribution in [2.24, 2.45) is 0 Å². The molecule has 1 aromatic rings. The second-order valence-corrected chi connectivity index (χ2v) is 4.92. The van der Waals surface area contributed by atoms with Crippen LogP contribution >= 0.6 is 0 Å².